The fourth-order valence-corrected chi connectivity index (χ4v) is 1.78. The van der Waals surface area contributed by atoms with Crippen LogP contribution in [0.1, 0.15) is 39.9 Å². The van der Waals surface area contributed by atoms with Crippen molar-refractivity contribution in [1.29, 1.82) is 0 Å². The maximum Gasteiger partial charge on any atom is 0.158 e. The van der Waals surface area contributed by atoms with Crippen LogP contribution < -0.4 is 11.1 Å². The van der Waals surface area contributed by atoms with Gasteiger partial charge in [-0.2, -0.15) is 0 Å². The highest BCUT2D eigenvalue weighted by Crippen LogP contribution is 2.15. The number of nitrogens with two attached hydrogens (primary N) is 1. The van der Waals surface area contributed by atoms with Gasteiger partial charge in [0.2, 0.25) is 0 Å². The molecule has 1 heterocycles. The van der Waals surface area contributed by atoms with E-state index in [0.717, 1.165) is 12.2 Å². The lowest BCUT2D eigenvalue weighted by Crippen LogP contribution is -2.25. The maximum atomic E-state index is 5.78. The monoisotopic (exact) mass is 252 g/mol. The molecule has 0 aliphatic heterocycles. The van der Waals surface area contributed by atoms with E-state index in [1.54, 1.807) is 6.07 Å². The van der Waals surface area contributed by atoms with Crippen molar-refractivity contribution in [1.82, 2.24) is 9.97 Å². The van der Waals surface area contributed by atoms with E-state index < -0.39 is 0 Å². The van der Waals surface area contributed by atoms with Gasteiger partial charge in [-0.3, -0.25) is 0 Å². The van der Waals surface area contributed by atoms with Crippen molar-refractivity contribution < 1.29 is 4.74 Å². The number of anilines is 2. The molecule has 18 heavy (non-hydrogen) atoms. The SMILES string of the molecule is CCOCc1nc(N)cc(NC(CC)C(C)C)n1. The molecule has 0 saturated heterocycles. The third kappa shape index (κ3) is 4.49. The minimum Gasteiger partial charge on any atom is -0.384 e. The van der Waals surface area contributed by atoms with Crippen LogP contribution in [-0.2, 0) is 11.3 Å². The predicted molar refractivity (Wildman–Crippen MR) is 74.3 cm³/mol. The standard InChI is InChI=1S/C13H24N4O/c1-5-10(9(3)4)15-12-7-11(14)16-13(17-12)8-18-6-2/h7,9-10H,5-6,8H2,1-4H3,(H3,14,15,16,17). The third-order valence-electron chi connectivity index (χ3n) is 2.81. The number of nitrogen functional groups attached to an aromatic ring is 1. The van der Waals surface area contributed by atoms with Crippen molar-refractivity contribution in [3.05, 3.63) is 11.9 Å². The second kappa shape index (κ2) is 7.16. The summed E-state index contributed by atoms with van der Waals surface area (Å²) >= 11 is 0. The Hall–Kier alpha value is -1.36. The summed E-state index contributed by atoms with van der Waals surface area (Å²) in [5, 5.41) is 3.40. The van der Waals surface area contributed by atoms with Crippen LogP contribution in [0.2, 0.25) is 0 Å². The molecule has 3 N–H and O–H groups in total. The van der Waals surface area contributed by atoms with E-state index in [1.165, 1.54) is 0 Å². The molecule has 0 bridgehead atoms. The molecule has 0 spiro atoms. The first-order valence-electron chi connectivity index (χ1n) is 6.54. The van der Waals surface area contributed by atoms with Crippen LogP contribution in [0.5, 0.6) is 0 Å². The Balaban J connectivity index is 2.78. The highest BCUT2D eigenvalue weighted by Gasteiger charge is 2.12. The first kappa shape index (κ1) is 14.7. The molecule has 1 aromatic heterocycles. The van der Waals surface area contributed by atoms with Gasteiger partial charge < -0.3 is 15.8 Å². The Morgan fingerprint density at radius 1 is 1.33 bits per heavy atom. The Morgan fingerprint density at radius 3 is 2.61 bits per heavy atom. The number of hydrogen-bond donors (Lipinski definition) is 2. The van der Waals surface area contributed by atoms with Gasteiger partial charge >= 0.3 is 0 Å². The molecule has 5 heteroatoms. The minimum atomic E-state index is 0.388. The third-order valence-corrected chi connectivity index (χ3v) is 2.81. The Morgan fingerprint density at radius 2 is 2.06 bits per heavy atom. The number of rotatable bonds is 7. The molecule has 1 unspecified atom stereocenters. The highest BCUT2D eigenvalue weighted by atomic mass is 16.5. The topological polar surface area (TPSA) is 73.1 Å². The molecule has 0 saturated carbocycles. The number of ether oxygens (including phenoxy) is 1. The van der Waals surface area contributed by atoms with Gasteiger partial charge in [0.15, 0.2) is 5.82 Å². The van der Waals surface area contributed by atoms with E-state index in [-0.39, 0.29) is 0 Å². The summed E-state index contributed by atoms with van der Waals surface area (Å²) in [7, 11) is 0. The van der Waals surface area contributed by atoms with Gasteiger partial charge in [0.05, 0.1) is 0 Å². The quantitative estimate of drug-likeness (QED) is 0.779. The van der Waals surface area contributed by atoms with Crippen molar-refractivity contribution >= 4 is 11.6 Å². The van der Waals surface area contributed by atoms with Crippen LogP contribution in [-0.4, -0.2) is 22.6 Å². The molecule has 1 rings (SSSR count). The molecule has 1 aromatic rings. The maximum absolute atomic E-state index is 5.78. The Labute approximate surface area is 109 Å². The average Bonchev–Trinajstić information content (AvgIpc) is 2.32. The van der Waals surface area contributed by atoms with Crippen molar-refractivity contribution in [3.63, 3.8) is 0 Å². The molecule has 102 valence electrons. The molecule has 5 nitrogen and oxygen atoms in total. The largest absolute Gasteiger partial charge is 0.384 e. The van der Waals surface area contributed by atoms with Gasteiger partial charge in [-0.05, 0) is 19.3 Å². The van der Waals surface area contributed by atoms with Crippen LogP contribution in [0.15, 0.2) is 6.07 Å². The van der Waals surface area contributed by atoms with Gasteiger partial charge in [-0.25, -0.2) is 9.97 Å². The molecule has 0 aliphatic carbocycles. The van der Waals surface area contributed by atoms with E-state index in [0.29, 0.717) is 36.8 Å². The summed E-state index contributed by atoms with van der Waals surface area (Å²) in [4.78, 5) is 8.57. The van der Waals surface area contributed by atoms with Crippen LogP contribution >= 0.6 is 0 Å². The summed E-state index contributed by atoms with van der Waals surface area (Å²) < 4.78 is 5.30. The van der Waals surface area contributed by atoms with Crippen molar-refractivity contribution in [2.75, 3.05) is 17.7 Å². The summed E-state index contributed by atoms with van der Waals surface area (Å²) in [5.41, 5.74) is 5.78. The summed E-state index contributed by atoms with van der Waals surface area (Å²) in [6, 6.07) is 2.15. The van der Waals surface area contributed by atoms with E-state index in [4.69, 9.17) is 10.5 Å². The van der Waals surface area contributed by atoms with Crippen LogP contribution in [0.4, 0.5) is 11.6 Å². The summed E-state index contributed by atoms with van der Waals surface area (Å²) in [6.07, 6.45) is 1.04. The number of nitrogens with one attached hydrogen (secondary N) is 1. The molecule has 0 amide bonds. The molecule has 0 aromatic carbocycles. The fraction of sp³-hybridized carbons (Fsp3) is 0.692. The zero-order valence-electron chi connectivity index (χ0n) is 11.7. The summed E-state index contributed by atoms with van der Waals surface area (Å²) in [6.45, 7) is 9.51. The van der Waals surface area contributed by atoms with Crippen molar-refractivity contribution in [3.8, 4) is 0 Å². The van der Waals surface area contributed by atoms with Gasteiger partial charge in [-0.15, -0.1) is 0 Å². The molecular formula is C13H24N4O. The fourth-order valence-electron chi connectivity index (χ4n) is 1.78. The van der Waals surface area contributed by atoms with Gasteiger partial charge in [0.25, 0.3) is 0 Å². The zero-order chi connectivity index (χ0) is 13.5. The Bertz CT molecular complexity index is 368. The van der Waals surface area contributed by atoms with E-state index in [2.05, 4.69) is 36.1 Å². The van der Waals surface area contributed by atoms with E-state index >= 15 is 0 Å². The van der Waals surface area contributed by atoms with Gasteiger partial charge in [0.1, 0.15) is 18.2 Å². The first-order chi connectivity index (χ1) is 8.56. The number of hydrogen-bond acceptors (Lipinski definition) is 5. The lowest BCUT2D eigenvalue weighted by Gasteiger charge is -2.21. The Kier molecular flexibility index (Phi) is 5.85. The van der Waals surface area contributed by atoms with Gasteiger partial charge in [-0.1, -0.05) is 20.8 Å². The highest BCUT2D eigenvalue weighted by molar-refractivity contribution is 5.45. The van der Waals surface area contributed by atoms with Crippen LogP contribution in [0.25, 0.3) is 0 Å². The predicted octanol–water partition coefficient (Wildman–Crippen LogP) is 2.44. The van der Waals surface area contributed by atoms with Gasteiger partial charge in [0, 0.05) is 18.7 Å². The van der Waals surface area contributed by atoms with Crippen molar-refractivity contribution in [2.24, 2.45) is 5.92 Å². The molecular weight excluding hydrogens is 228 g/mol. The van der Waals surface area contributed by atoms with Crippen LogP contribution in [0, 0.1) is 5.92 Å². The minimum absolute atomic E-state index is 0.388. The molecule has 0 aliphatic rings. The van der Waals surface area contributed by atoms with E-state index in [9.17, 15) is 0 Å². The molecule has 1 atom stereocenters. The first-order valence-corrected chi connectivity index (χ1v) is 6.54. The zero-order valence-corrected chi connectivity index (χ0v) is 11.7. The molecule has 0 radical (unpaired) electrons. The molecule has 0 fully saturated rings. The van der Waals surface area contributed by atoms with E-state index in [1.807, 2.05) is 6.92 Å². The summed E-state index contributed by atoms with van der Waals surface area (Å²) in [5.74, 6) is 2.41. The van der Waals surface area contributed by atoms with Crippen molar-refractivity contribution in [2.45, 2.75) is 46.8 Å². The smallest absolute Gasteiger partial charge is 0.158 e. The average molecular weight is 252 g/mol. The second-order valence-corrected chi connectivity index (χ2v) is 4.63. The van der Waals surface area contributed by atoms with Crippen LogP contribution in [0.3, 0.4) is 0 Å². The number of nitrogens with zero attached hydrogens (tertiary/aromatic N) is 2. The lowest BCUT2D eigenvalue weighted by atomic mass is 10.0. The second-order valence-electron chi connectivity index (χ2n) is 4.63. The lowest BCUT2D eigenvalue weighted by molar-refractivity contribution is 0.128. The number of aromatic nitrogens is 2. The normalized spacial score (nSPS) is 12.7.